The number of tetrazole rings is 1. The van der Waals surface area contributed by atoms with Crippen molar-refractivity contribution < 1.29 is 9.90 Å². The lowest BCUT2D eigenvalue weighted by Crippen LogP contribution is -2.42. The van der Waals surface area contributed by atoms with Crippen LogP contribution in [0.3, 0.4) is 0 Å². The van der Waals surface area contributed by atoms with Crippen molar-refractivity contribution in [2.75, 3.05) is 5.75 Å². The van der Waals surface area contributed by atoms with E-state index in [-0.39, 0.29) is 6.04 Å². The van der Waals surface area contributed by atoms with E-state index < -0.39 is 12.0 Å². The number of hydrogen-bond acceptors (Lipinski definition) is 6. The quantitative estimate of drug-likeness (QED) is 0.668. The molecule has 0 fully saturated rings. The van der Waals surface area contributed by atoms with E-state index in [0.29, 0.717) is 10.9 Å². The summed E-state index contributed by atoms with van der Waals surface area (Å²) in [5.41, 5.74) is 0. The number of hydrogen-bond donors (Lipinski definition) is 2. The first-order chi connectivity index (χ1) is 7.50. The summed E-state index contributed by atoms with van der Waals surface area (Å²) in [6.45, 7) is 3.81. The second-order valence-corrected chi connectivity index (χ2v) is 4.60. The number of aliphatic carboxylic acids is 1. The van der Waals surface area contributed by atoms with Crippen molar-refractivity contribution in [2.24, 2.45) is 7.05 Å². The van der Waals surface area contributed by atoms with E-state index >= 15 is 0 Å². The number of carboxylic acid groups (broad SMARTS) is 1. The Hall–Kier alpha value is -1.15. The van der Waals surface area contributed by atoms with Gasteiger partial charge in [-0.05, 0) is 10.4 Å². The second-order valence-electron chi connectivity index (χ2n) is 3.61. The average molecular weight is 245 g/mol. The molecule has 0 spiro atoms. The fourth-order valence-electron chi connectivity index (χ4n) is 1.09. The molecule has 7 nitrogen and oxygen atoms in total. The Bertz CT molecular complexity index is 354. The molecular weight excluding hydrogens is 230 g/mol. The summed E-state index contributed by atoms with van der Waals surface area (Å²) < 4.78 is 1.51. The molecule has 0 aliphatic rings. The Balaban J connectivity index is 2.50. The van der Waals surface area contributed by atoms with Crippen LogP contribution in [0.15, 0.2) is 5.16 Å². The van der Waals surface area contributed by atoms with Gasteiger partial charge in [-0.25, -0.2) is 4.68 Å². The number of aromatic nitrogens is 4. The molecule has 0 aromatic carbocycles. The summed E-state index contributed by atoms with van der Waals surface area (Å²) in [6.07, 6.45) is 0. The van der Waals surface area contributed by atoms with E-state index in [9.17, 15) is 4.79 Å². The van der Waals surface area contributed by atoms with Crippen LogP contribution in [0, 0.1) is 0 Å². The molecule has 2 N–H and O–H groups in total. The summed E-state index contributed by atoms with van der Waals surface area (Å²) in [4.78, 5) is 10.9. The molecule has 8 heteroatoms. The molecule has 0 aliphatic carbocycles. The van der Waals surface area contributed by atoms with Crippen LogP contribution in [-0.4, -0.2) is 49.1 Å². The monoisotopic (exact) mass is 245 g/mol. The highest BCUT2D eigenvalue weighted by Gasteiger charge is 2.19. The Morgan fingerprint density at radius 3 is 2.75 bits per heavy atom. The van der Waals surface area contributed by atoms with Crippen molar-refractivity contribution >= 4 is 17.7 Å². The summed E-state index contributed by atoms with van der Waals surface area (Å²) in [5.74, 6) is -0.474. The number of carbonyl (C=O) groups is 1. The van der Waals surface area contributed by atoms with Gasteiger partial charge in [-0.2, -0.15) is 0 Å². The lowest BCUT2D eigenvalue weighted by atomic mass is 10.3. The molecule has 0 aliphatic heterocycles. The second kappa shape index (κ2) is 5.80. The molecule has 90 valence electrons. The Morgan fingerprint density at radius 1 is 1.62 bits per heavy atom. The molecule has 0 amide bonds. The normalized spacial score (nSPS) is 13.0. The van der Waals surface area contributed by atoms with Gasteiger partial charge in [0.2, 0.25) is 5.16 Å². The molecule has 1 unspecified atom stereocenters. The smallest absolute Gasteiger partial charge is 0.321 e. The fraction of sp³-hybridized carbons (Fsp3) is 0.750. The molecule has 0 saturated carbocycles. The van der Waals surface area contributed by atoms with Crippen LogP contribution in [0.25, 0.3) is 0 Å². The van der Waals surface area contributed by atoms with Gasteiger partial charge in [-0.15, -0.1) is 5.10 Å². The predicted octanol–water partition coefficient (Wildman–Crippen LogP) is -0.247. The van der Waals surface area contributed by atoms with Crippen molar-refractivity contribution in [1.29, 1.82) is 0 Å². The van der Waals surface area contributed by atoms with E-state index in [1.54, 1.807) is 7.05 Å². The maximum absolute atomic E-state index is 10.9. The first-order valence-electron chi connectivity index (χ1n) is 4.84. The highest BCUT2D eigenvalue weighted by Crippen LogP contribution is 2.13. The highest BCUT2D eigenvalue weighted by atomic mass is 32.2. The maximum atomic E-state index is 10.9. The molecule has 0 bridgehead atoms. The van der Waals surface area contributed by atoms with Gasteiger partial charge in [0.25, 0.3) is 0 Å². The molecular formula is C8H15N5O2S. The van der Waals surface area contributed by atoms with Gasteiger partial charge in [0.05, 0.1) is 0 Å². The molecule has 1 rings (SSSR count). The highest BCUT2D eigenvalue weighted by molar-refractivity contribution is 7.99. The van der Waals surface area contributed by atoms with Crippen LogP contribution in [0.4, 0.5) is 0 Å². The summed E-state index contributed by atoms with van der Waals surface area (Å²) >= 11 is 1.32. The van der Waals surface area contributed by atoms with Gasteiger partial charge >= 0.3 is 5.97 Å². The minimum absolute atomic E-state index is 0.124. The zero-order valence-corrected chi connectivity index (χ0v) is 10.2. The molecule has 1 aromatic heterocycles. The minimum Gasteiger partial charge on any atom is -0.480 e. The van der Waals surface area contributed by atoms with Crippen LogP contribution in [-0.2, 0) is 11.8 Å². The summed E-state index contributed by atoms with van der Waals surface area (Å²) in [5, 5.41) is 23.5. The minimum atomic E-state index is -0.865. The molecule has 1 atom stereocenters. The first kappa shape index (κ1) is 12.9. The Labute approximate surface area is 97.6 Å². The molecule has 1 aromatic rings. The third-order valence-electron chi connectivity index (χ3n) is 1.79. The number of nitrogens with one attached hydrogen (secondary N) is 1. The van der Waals surface area contributed by atoms with Crippen LogP contribution >= 0.6 is 11.8 Å². The van der Waals surface area contributed by atoms with Gasteiger partial charge in [0.1, 0.15) is 6.04 Å². The standard InChI is InChI=1S/C8H15N5O2S/c1-5(2)9-6(7(14)15)4-16-8-10-11-12-13(8)3/h5-6,9H,4H2,1-3H3,(H,14,15). The molecule has 1 heterocycles. The maximum Gasteiger partial charge on any atom is 0.321 e. The van der Waals surface area contributed by atoms with Crippen molar-refractivity contribution in [1.82, 2.24) is 25.5 Å². The van der Waals surface area contributed by atoms with Gasteiger partial charge in [-0.3, -0.25) is 4.79 Å². The van der Waals surface area contributed by atoms with Crippen LogP contribution in [0.2, 0.25) is 0 Å². The van der Waals surface area contributed by atoms with Crippen LogP contribution in [0.1, 0.15) is 13.8 Å². The van der Waals surface area contributed by atoms with Gasteiger partial charge in [-0.1, -0.05) is 25.6 Å². The largest absolute Gasteiger partial charge is 0.480 e. The first-order valence-corrected chi connectivity index (χ1v) is 5.83. The van der Waals surface area contributed by atoms with Gasteiger partial charge in [0, 0.05) is 18.8 Å². The van der Waals surface area contributed by atoms with Crippen LogP contribution < -0.4 is 5.32 Å². The number of rotatable bonds is 6. The van der Waals surface area contributed by atoms with Crippen LogP contribution in [0.5, 0.6) is 0 Å². The van der Waals surface area contributed by atoms with Crippen molar-refractivity contribution in [3.05, 3.63) is 0 Å². The number of carboxylic acids is 1. The fourth-order valence-corrected chi connectivity index (χ4v) is 1.97. The lowest BCUT2D eigenvalue weighted by Gasteiger charge is -2.16. The Kier molecular flexibility index (Phi) is 4.69. The summed E-state index contributed by atoms with van der Waals surface area (Å²) in [6, 6.07) is -0.471. The molecule has 0 saturated heterocycles. The zero-order chi connectivity index (χ0) is 12.1. The van der Waals surface area contributed by atoms with Gasteiger partial charge < -0.3 is 10.4 Å². The third kappa shape index (κ3) is 3.78. The van der Waals surface area contributed by atoms with E-state index in [2.05, 4.69) is 20.8 Å². The predicted molar refractivity (Wildman–Crippen MR) is 59.2 cm³/mol. The third-order valence-corrected chi connectivity index (χ3v) is 2.90. The van der Waals surface area contributed by atoms with E-state index in [1.807, 2.05) is 13.8 Å². The van der Waals surface area contributed by atoms with Gasteiger partial charge in [0.15, 0.2) is 0 Å². The van der Waals surface area contributed by atoms with Crippen molar-refractivity contribution in [3.8, 4) is 0 Å². The van der Waals surface area contributed by atoms with E-state index in [4.69, 9.17) is 5.11 Å². The Morgan fingerprint density at radius 2 is 2.31 bits per heavy atom. The number of aryl methyl sites for hydroxylation is 1. The van der Waals surface area contributed by atoms with E-state index in [1.165, 1.54) is 16.4 Å². The molecule has 0 radical (unpaired) electrons. The summed E-state index contributed by atoms with van der Waals surface area (Å²) in [7, 11) is 1.72. The number of thioether (sulfide) groups is 1. The number of nitrogens with zero attached hydrogens (tertiary/aromatic N) is 4. The zero-order valence-electron chi connectivity index (χ0n) is 9.41. The SMILES string of the molecule is CC(C)NC(CSc1nnnn1C)C(=O)O. The molecule has 16 heavy (non-hydrogen) atoms. The average Bonchev–Trinajstić information content (AvgIpc) is 2.57. The van der Waals surface area contributed by atoms with E-state index in [0.717, 1.165) is 0 Å². The lowest BCUT2D eigenvalue weighted by molar-refractivity contribution is -0.139. The van der Waals surface area contributed by atoms with Crippen molar-refractivity contribution in [3.63, 3.8) is 0 Å². The van der Waals surface area contributed by atoms with Crippen molar-refractivity contribution in [2.45, 2.75) is 31.1 Å². The topological polar surface area (TPSA) is 92.9 Å².